The topological polar surface area (TPSA) is 14.1 Å². The maximum atomic E-state index is 5.67. The number of hydrogen-bond acceptors (Lipinski definition) is 0. The molecule has 5 heteroatoms. The van der Waals surface area contributed by atoms with Gasteiger partial charge >= 0.3 is 73.4 Å². The van der Waals surface area contributed by atoms with Crippen LogP contribution in [0.2, 0.25) is 0 Å². The molecule has 0 N–H and O–H groups in total. The van der Waals surface area contributed by atoms with Gasteiger partial charge in [-0.3, -0.25) is 0 Å². The van der Waals surface area contributed by atoms with Crippen molar-refractivity contribution in [2.75, 3.05) is 0 Å². The summed E-state index contributed by atoms with van der Waals surface area (Å²) in [4.78, 5) is 0. The second-order valence-corrected chi connectivity index (χ2v) is 25.4. The van der Waals surface area contributed by atoms with Gasteiger partial charge in [-0.1, -0.05) is 77.9 Å². The molecule has 3 aliphatic carbocycles. The van der Waals surface area contributed by atoms with Gasteiger partial charge in [0.05, 0.1) is 17.0 Å². The van der Waals surface area contributed by atoms with Crippen LogP contribution in [0.25, 0.3) is 5.32 Å². The van der Waals surface area contributed by atoms with Gasteiger partial charge in [0, 0.05) is 7.92 Å². The van der Waals surface area contributed by atoms with Crippen LogP contribution in [0.4, 0.5) is 0 Å². The van der Waals surface area contributed by atoms with Crippen molar-refractivity contribution in [2.24, 2.45) is 0 Å². The molecule has 1 heterocycles. The maximum absolute atomic E-state index is 5.67. The molecule has 3 aromatic rings. The number of nitrogens with zero attached hydrogens (tertiary/aromatic N) is 1. The molecule has 3 saturated carbocycles. The van der Waals surface area contributed by atoms with Gasteiger partial charge in [-0.2, -0.15) is 0 Å². The number of hydrogen-bond donors (Lipinski definition) is 0. The molecule has 1 nitrogen and oxygen atoms in total. The van der Waals surface area contributed by atoms with Gasteiger partial charge in [0.15, 0.2) is 0 Å². The van der Waals surface area contributed by atoms with Gasteiger partial charge in [-0.05, 0) is 141 Å². The van der Waals surface area contributed by atoms with E-state index >= 15 is 0 Å². The molecule has 0 amide bonds. The van der Waals surface area contributed by atoms with Gasteiger partial charge in [0.1, 0.15) is 0 Å². The van der Waals surface area contributed by atoms with Crippen LogP contribution in [-0.2, 0) is 13.5 Å². The van der Waals surface area contributed by atoms with E-state index in [0.717, 1.165) is 5.56 Å². The number of rotatable bonds is 6. The van der Waals surface area contributed by atoms with Gasteiger partial charge < -0.3 is 5.32 Å². The molecule has 1 aliphatic heterocycles. The van der Waals surface area contributed by atoms with Crippen LogP contribution >= 0.6 is 27.3 Å². The summed E-state index contributed by atoms with van der Waals surface area (Å²) in [7, 11) is 11.3. The molecule has 2 atom stereocenters. The molecule has 4 aliphatic rings. The zero-order chi connectivity index (χ0) is 37.0. The fourth-order valence-corrected chi connectivity index (χ4v) is 17.1. The first-order chi connectivity index (χ1) is 25.1. The molecule has 286 valence electrons. The molecule has 2 unspecified atom stereocenters. The zero-order valence-electron chi connectivity index (χ0n) is 33.0. The van der Waals surface area contributed by atoms with E-state index in [1.165, 1.54) is 61.5 Å². The van der Waals surface area contributed by atoms with Crippen LogP contribution in [0.5, 0.6) is 0 Å². The second kappa shape index (κ2) is 21.2. The Bertz CT molecular complexity index is 1460. The summed E-state index contributed by atoms with van der Waals surface area (Å²) in [5.41, 5.74) is 15.6. The number of halogens is 2. The first kappa shape index (κ1) is 42.0. The Kier molecular flexibility index (Phi) is 17.2. The van der Waals surface area contributed by atoms with Crippen molar-refractivity contribution in [1.82, 2.24) is 0 Å². The Morgan fingerprint density at radius 1 is 0.538 bits per heavy atom. The summed E-state index contributed by atoms with van der Waals surface area (Å²) < 4.78 is 1.92. The minimum atomic E-state index is -1.61. The van der Waals surface area contributed by atoms with Crippen molar-refractivity contribution >= 4 is 31.9 Å². The Morgan fingerprint density at radius 3 is 1.21 bits per heavy atom. The van der Waals surface area contributed by atoms with Crippen LogP contribution in [-0.4, -0.2) is 21.6 Å². The van der Waals surface area contributed by atoms with Gasteiger partial charge in [-0.25, -0.2) is 0 Å². The van der Waals surface area contributed by atoms with Crippen molar-refractivity contribution in [3.8, 4) is 0 Å². The molecular formula is C47H66Cl2NPRu. The van der Waals surface area contributed by atoms with E-state index in [-0.39, 0.29) is 20.0 Å². The third kappa shape index (κ3) is 12.2. The van der Waals surface area contributed by atoms with Crippen LogP contribution in [0.15, 0.2) is 66.7 Å². The number of benzene rings is 3. The molecular weight excluding hydrogens is 781 g/mol. The molecule has 0 spiro atoms. The molecule has 0 saturated heterocycles. The van der Waals surface area contributed by atoms with Crippen molar-refractivity contribution in [2.45, 2.75) is 167 Å². The zero-order valence-corrected chi connectivity index (χ0v) is 37.2. The van der Waals surface area contributed by atoms with Crippen molar-refractivity contribution < 1.29 is 13.5 Å². The summed E-state index contributed by atoms with van der Waals surface area (Å²) in [5.74, 6) is 0. The molecule has 0 bridgehead atoms. The van der Waals surface area contributed by atoms with Crippen LogP contribution in [0, 0.1) is 41.5 Å². The Balaban J connectivity index is 0.000000162. The first-order valence-corrected chi connectivity index (χ1v) is 27.6. The minimum absolute atomic E-state index is 0.0465. The summed E-state index contributed by atoms with van der Waals surface area (Å²) >= 11 is -1.61. The number of aryl methyl sites for hydroxylation is 6. The first-order valence-electron chi connectivity index (χ1n) is 20.4. The summed E-state index contributed by atoms with van der Waals surface area (Å²) in [5, 5.41) is 5.12. The van der Waals surface area contributed by atoms with Crippen LogP contribution in [0.1, 0.15) is 158 Å². The van der Waals surface area contributed by atoms with Crippen molar-refractivity contribution in [3.05, 3.63) is 122 Å². The van der Waals surface area contributed by atoms with Crippen molar-refractivity contribution in [3.63, 3.8) is 0 Å². The van der Waals surface area contributed by atoms with Gasteiger partial charge in [0.25, 0.3) is 0 Å². The summed E-state index contributed by atoms with van der Waals surface area (Å²) in [6.45, 7) is 13.1. The van der Waals surface area contributed by atoms with Gasteiger partial charge in [0.2, 0.25) is 0 Å². The Hall–Kier alpha value is -1.14. The predicted octanol–water partition coefficient (Wildman–Crippen LogP) is 15.2. The van der Waals surface area contributed by atoms with Crippen molar-refractivity contribution in [1.29, 1.82) is 0 Å². The fourth-order valence-electron chi connectivity index (χ4n) is 10.1. The van der Waals surface area contributed by atoms with E-state index in [9.17, 15) is 0 Å². The van der Waals surface area contributed by atoms with E-state index in [4.69, 9.17) is 24.7 Å². The molecule has 0 aromatic heterocycles. The van der Waals surface area contributed by atoms with Crippen LogP contribution < -0.4 is 0 Å². The Labute approximate surface area is 332 Å². The normalized spacial score (nSPS) is 21.6. The SMILES string of the molecule is C1CCC([PH+](C2CCCCC2)C2CCCCC2)CC1.Cc1cc(C)c(C2C=CC(c3c(C)cc(C)cc3C)[N-]2)c(C)c1.[Cl][Ru]([Cl])=[CH]c1ccccc1. The molecule has 0 radical (unpaired) electrons. The van der Waals surface area contributed by atoms with E-state index < -0.39 is 13.5 Å². The summed E-state index contributed by atoms with van der Waals surface area (Å²) in [6, 6.07) is 19.3. The standard InChI is InChI=1S/C22H26N.C18H33P.C7H6.2ClH.Ru/c1-13-9-15(3)21(16(4)10-13)19-7-8-20(23-19)22-17(5)11-14(2)12-18(22)6;1-4-10-16(11-5-1)19(17-12-6-2-7-13-17)18-14-8-3-9-15-18;1-7-5-3-2-4-6-7;;;/h7-12,19-20H,1-6H3;16-18H,1-15H2;1-6H;2*1H;/q-1;;;;;+2/p-1. The second-order valence-electron chi connectivity index (χ2n) is 16.3. The summed E-state index contributed by atoms with van der Waals surface area (Å²) in [6.07, 6.45) is 28.3. The average Bonchev–Trinajstić information content (AvgIpc) is 3.58. The van der Waals surface area contributed by atoms with E-state index in [0.29, 0.717) is 0 Å². The van der Waals surface area contributed by atoms with Crippen LogP contribution in [0.3, 0.4) is 0 Å². The Morgan fingerprint density at radius 2 is 0.885 bits per heavy atom. The third-order valence-corrected chi connectivity index (χ3v) is 18.5. The van der Waals surface area contributed by atoms with E-state index in [1.54, 1.807) is 96.3 Å². The molecule has 7 rings (SSSR count). The average molecular weight is 848 g/mol. The predicted molar refractivity (Wildman–Crippen MR) is 232 cm³/mol. The third-order valence-electron chi connectivity index (χ3n) is 12.1. The van der Waals surface area contributed by atoms with E-state index in [1.807, 2.05) is 34.9 Å². The fraction of sp³-hybridized carbons (Fsp3) is 0.553. The van der Waals surface area contributed by atoms with Gasteiger partial charge in [-0.15, -0.1) is 12.2 Å². The quantitative estimate of drug-likeness (QED) is 0.133. The molecule has 3 fully saturated rings. The van der Waals surface area contributed by atoms with E-state index in [2.05, 4.69) is 78.0 Å². The molecule has 52 heavy (non-hydrogen) atoms. The monoisotopic (exact) mass is 847 g/mol. The molecule has 3 aromatic carbocycles.